The summed E-state index contributed by atoms with van der Waals surface area (Å²) < 4.78 is 46.9. The van der Waals surface area contributed by atoms with Crippen molar-refractivity contribution in [1.82, 2.24) is 4.31 Å². The van der Waals surface area contributed by atoms with Gasteiger partial charge in [-0.25, -0.2) is 12.8 Å². The standard InChI is InChI=1S/C23H27FN2O4S/c1-15-11-20(24)12-19-5-4-10-26(22(15)19)23(27)18-6-8-21(9-7-18)31(28,29)25-13-16(2)30-17(3)14-25/h6-9,11-12,16-17H,4-5,10,13-14H2,1-3H3. The predicted octanol–water partition coefficient (Wildman–Crippen LogP) is 3.53. The van der Waals surface area contributed by atoms with Gasteiger partial charge in [0.15, 0.2) is 0 Å². The molecule has 166 valence electrons. The molecule has 0 spiro atoms. The van der Waals surface area contributed by atoms with E-state index in [4.69, 9.17) is 4.74 Å². The Hall–Kier alpha value is -2.29. The highest BCUT2D eigenvalue weighted by Crippen LogP contribution is 2.33. The summed E-state index contributed by atoms with van der Waals surface area (Å²) in [6.45, 7) is 6.64. The van der Waals surface area contributed by atoms with Crippen LogP contribution in [0, 0.1) is 12.7 Å². The van der Waals surface area contributed by atoms with Gasteiger partial charge in [0.1, 0.15) is 5.82 Å². The van der Waals surface area contributed by atoms with Crippen molar-refractivity contribution in [2.45, 2.75) is 50.7 Å². The molecular weight excluding hydrogens is 419 g/mol. The van der Waals surface area contributed by atoms with Crippen LogP contribution < -0.4 is 4.90 Å². The Morgan fingerprint density at radius 1 is 1.10 bits per heavy atom. The first kappa shape index (κ1) is 21.9. The van der Waals surface area contributed by atoms with Crippen LogP contribution in [-0.2, 0) is 21.2 Å². The van der Waals surface area contributed by atoms with Gasteiger partial charge >= 0.3 is 0 Å². The number of nitrogens with zero attached hydrogens (tertiary/aromatic N) is 2. The zero-order chi connectivity index (χ0) is 22.3. The van der Waals surface area contributed by atoms with Crippen LogP contribution in [0.5, 0.6) is 0 Å². The second kappa shape index (κ2) is 8.33. The molecule has 31 heavy (non-hydrogen) atoms. The highest BCUT2D eigenvalue weighted by molar-refractivity contribution is 7.89. The van der Waals surface area contributed by atoms with Gasteiger partial charge in [-0.1, -0.05) is 0 Å². The van der Waals surface area contributed by atoms with Gasteiger partial charge in [-0.15, -0.1) is 0 Å². The molecule has 2 unspecified atom stereocenters. The molecule has 0 N–H and O–H groups in total. The molecule has 2 aromatic carbocycles. The van der Waals surface area contributed by atoms with Crippen molar-refractivity contribution in [1.29, 1.82) is 0 Å². The van der Waals surface area contributed by atoms with E-state index < -0.39 is 10.0 Å². The average molecular weight is 447 g/mol. The first-order valence-electron chi connectivity index (χ1n) is 10.5. The Kier molecular flexibility index (Phi) is 5.89. The highest BCUT2D eigenvalue weighted by Gasteiger charge is 2.32. The van der Waals surface area contributed by atoms with Crippen molar-refractivity contribution in [2.24, 2.45) is 0 Å². The van der Waals surface area contributed by atoms with Crippen LogP contribution in [0.4, 0.5) is 10.1 Å². The van der Waals surface area contributed by atoms with Crippen LogP contribution >= 0.6 is 0 Å². The molecule has 6 nitrogen and oxygen atoms in total. The number of ether oxygens (including phenoxy) is 1. The number of aryl methyl sites for hydroxylation is 2. The summed E-state index contributed by atoms with van der Waals surface area (Å²) in [4.78, 5) is 15.0. The minimum Gasteiger partial charge on any atom is -0.373 e. The first-order chi connectivity index (χ1) is 14.7. The lowest BCUT2D eigenvalue weighted by atomic mass is 9.97. The van der Waals surface area contributed by atoms with Crippen molar-refractivity contribution >= 4 is 21.6 Å². The molecule has 1 amide bonds. The molecule has 2 aromatic rings. The number of halogens is 1. The number of sulfonamides is 1. The smallest absolute Gasteiger partial charge is 0.258 e. The van der Waals surface area contributed by atoms with Gasteiger partial charge < -0.3 is 9.64 Å². The fourth-order valence-corrected chi connectivity index (χ4v) is 6.12. The average Bonchev–Trinajstić information content (AvgIpc) is 2.72. The van der Waals surface area contributed by atoms with E-state index in [1.54, 1.807) is 24.0 Å². The third kappa shape index (κ3) is 4.24. The van der Waals surface area contributed by atoms with E-state index in [9.17, 15) is 17.6 Å². The maximum absolute atomic E-state index is 13.8. The van der Waals surface area contributed by atoms with E-state index in [1.165, 1.54) is 28.6 Å². The molecule has 2 heterocycles. The Labute approximate surface area is 182 Å². The highest BCUT2D eigenvalue weighted by atomic mass is 32.2. The summed E-state index contributed by atoms with van der Waals surface area (Å²) in [7, 11) is -3.67. The molecule has 2 atom stereocenters. The van der Waals surface area contributed by atoms with Crippen LogP contribution in [0.2, 0.25) is 0 Å². The summed E-state index contributed by atoms with van der Waals surface area (Å²) in [6, 6.07) is 8.99. The number of carbonyl (C=O) groups is 1. The van der Waals surface area contributed by atoms with Crippen molar-refractivity contribution in [3.63, 3.8) is 0 Å². The molecular formula is C23H27FN2O4S. The summed E-state index contributed by atoms with van der Waals surface area (Å²) in [5.74, 6) is -0.514. The number of benzene rings is 2. The van der Waals surface area contributed by atoms with Crippen molar-refractivity contribution < 1.29 is 22.3 Å². The predicted molar refractivity (Wildman–Crippen MR) is 116 cm³/mol. The van der Waals surface area contributed by atoms with E-state index >= 15 is 0 Å². The number of morpholine rings is 1. The van der Waals surface area contributed by atoms with Crippen LogP contribution in [-0.4, -0.2) is 50.5 Å². The van der Waals surface area contributed by atoms with E-state index in [1.807, 2.05) is 13.8 Å². The topological polar surface area (TPSA) is 66.9 Å². The summed E-state index contributed by atoms with van der Waals surface area (Å²) in [5.41, 5.74) is 2.70. The Morgan fingerprint density at radius 2 is 1.74 bits per heavy atom. The van der Waals surface area contributed by atoms with Gasteiger partial charge in [-0.2, -0.15) is 4.31 Å². The molecule has 2 aliphatic rings. The van der Waals surface area contributed by atoms with Crippen LogP contribution in [0.1, 0.15) is 41.8 Å². The van der Waals surface area contributed by atoms with E-state index in [0.29, 0.717) is 25.2 Å². The fraction of sp³-hybridized carbons (Fsp3) is 0.435. The van der Waals surface area contributed by atoms with Gasteiger partial charge in [0.2, 0.25) is 10.0 Å². The van der Waals surface area contributed by atoms with Crippen LogP contribution in [0.15, 0.2) is 41.3 Å². The lowest BCUT2D eigenvalue weighted by Gasteiger charge is -2.34. The minimum absolute atomic E-state index is 0.155. The van der Waals surface area contributed by atoms with E-state index in [2.05, 4.69) is 0 Å². The Balaban J connectivity index is 1.59. The van der Waals surface area contributed by atoms with Crippen molar-refractivity contribution in [3.05, 3.63) is 58.9 Å². The third-order valence-corrected chi connectivity index (χ3v) is 7.66. The molecule has 1 fully saturated rings. The largest absolute Gasteiger partial charge is 0.373 e. The van der Waals surface area contributed by atoms with Gasteiger partial charge in [0.25, 0.3) is 5.91 Å². The second-order valence-corrected chi connectivity index (χ2v) is 10.3. The normalized spacial score (nSPS) is 22.3. The van der Waals surface area contributed by atoms with E-state index in [0.717, 1.165) is 29.7 Å². The zero-order valence-electron chi connectivity index (χ0n) is 18.0. The van der Waals surface area contributed by atoms with Crippen molar-refractivity contribution in [3.8, 4) is 0 Å². The van der Waals surface area contributed by atoms with E-state index in [-0.39, 0.29) is 28.8 Å². The number of amides is 1. The number of anilines is 1. The monoisotopic (exact) mass is 446 g/mol. The molecule has 4 rings (SSSR count). The molecule has 0 bridgehead atoms. The molecule has 1 saturated heterocycles. The molecule has 0 saturated carbocycles. The maximum Gasteiger partial charge on any atom is 0.258 e. The van der Waals surface area contributed by atoms with Crippen LogP contribution in [0.3, 0.4) is 0 Å². The molecule has 8 heteroatoms. The second-order valence-electron chi connectivity index (χ2n) is 8.39. The van der Waals surface area contributed by atoms with Gasteiger partial charge in [-0.3, -0.25) is 4.79 Å². The Bertz CT molecular complexity index is 1090. The fourth-order valence-electron chi connectivity index (χ4n) is 4.53. The molecule has 2 aliphatic heterocycles. The number of carbonyl (C=O) groups excluding carboxylic acids is 1. The van der Waals surface area contributed by atoms with Gasteiger partial charge in [0.05, 0.1) is 22.8 Å². The summed E-state index contributed by atoms with van der Waals surface area (Å²) in [5, 5.41) is 0. The molecule has 0 aromatic heterocycles. The third-order valence-electron chi connectivity index (χ3n) is 5.81. The lowest BCUT2D eigenvalue weighted by molar-refractivity contribution is -0.0440. The number of hydrogen-bond acceptors (Lipinski definition) is 4. The Morgan fingerprint density at radius 3 is 2.39 bits per heavy atom. The maximum atomic E-state index is 13.8. The van der Waals surface area contributed by atoms with Gasteiger partial charge in [0, 0.05) is 25.2 Å². The van der Waals surface area contributed by atoms with Gasteiger partial charge in [-0.05, 0) is 81.1 Å². The first-order valence-corrected chi connectivity index (χ1v) is 12.0. The molecule has 0 aliphatic carbocycles. The number of fused-ring (bicyclic) bond motifs is 1. The quantitative estimate of drug-likeness (QED) is 0.724. The minimum atomic E-state index is -3.67. The molecule has 0 radical (unpaired) electrons. The van der Waals surface area contributed by atoms with Crippen LogP contribution in [0.25, 0.3) is 0 Å². The zero-order valence-corrected chi connectivity index (χ0v) is 18.8. The lowest BCUT2D eigenvalue weighted by Crippen LogP contribution is -2.48. The number of hydrogen-bond donors (Lipinski definition) is 0. The summed E-state index contributed by atoms with van der Waals surface area (Å²) in [6.07, 6.45) is 1.13. The summed E-state index contributed by atoms with van der Waals surface area (Å²) >= 11 is 0. The SMILES string of the molecule is Cc1cc(F)cc2c1N(C(=O)c1ccc(S(=O)(=O)N3CC(C)OC(C)C3)cc1)CCC2. The number of rotatable bonds is 3. The van der Waals surface area contributed by atoms with Crippen molar-refractivity contribution in [2.75, 3.05) is 24.5 Å².